The maximum Gasteiger partial charge on any atom is 0.150 e. The maximum absolute atomic E-state index is 6.72. The lowest BCUT2D eigenvalue weighted by Gasteiger charge is -2.43. The van der Waals surface area contributed by atoms with Gasteiger partial charge in [-0.25, -0.2) is 9.67 Å². The molecule has 3 aliphatic rings. The molecule has 2 N–H and O–H groups in total. The number of fused-ring (bicyclic) bond motifs is 2. The molecule has 0 bridgehead atoms. The Kier molecular flexibility index (Phi) is 4.94. The number of hydrogen-bond acceptors (Lipinski definition) is 7. The van der Waals surface area contributed by atoms with E-state index in [1.807, 2.05) is 35.4 Å². The Hall–Kier alpha value is -2.55. The Morgan fingerprint density at radius 3 is 2.79 bits per heavy atom. The van der Waals surface area contributed by atoms with Crippen molar-refractivity contribution in [1.29, 1.82) is 0 Å². The molecule has 1 unspecified atom stereocenters. The second kappa shape index (κ2) is 7.75. The summed E-state index contributed by atoms with van der Waals surface area (Å²) in [5.74, 6) is 0.988. The zero-order chi connectivity index (χ0) is 22.7. The summed E-state index contributed by atoms with van der Waals surface area (Å²) in [5.41, 5.74) is 13.6. The van der Waals surface area contributed by atoms with Gasteiger partial charge in [0.2, 0.25) is 0 Å². The van der Waals surface area contributed by atoms with Crippen molar-refractivity contribution < 1.29 is 0 Å². The van der Waals surface area contributed by atoms with Crippen LogP contribution in [-0.4, -0.2) is 49.6 Å². The average molecular weight is 480 g/mol. The van der Waals surface area contributed by atoms with Gasteiger partial charge in [0.05, 0.1) is 39.9 Å². The third-order valence-corrected chi connectivity index (χ3v) is 8.79. The molecule has 7 nitrogen and oxygen atoms in total. The number of piperidine rings is 1. The van der Waals surface area contributed by atoms with Gasteiger partial charge in [0, 0.05) is 35.8 Å². The monoisotopic (exact) mass is 479 g/mol. The van der Waals surface area contributed by atoms with Crippen LogP contribution in [0.2, 0.25) is 5.02 Å². The molecule has 5 heterocycles. The second-order valence-corrected chi connectivity index (χ2v) is 10.6. The first kappa shape index (κ1) is 21.0. The largest absolute Gasteiger partial charge is 0.355 e. The van der Waals surface area contributed by atoms with Gasteiger partial charge in [0.15, 0.2) is 5.84 Å². The highest BCUT2D eigenvalue weighted by atomic mass is 35.5. The van der Waals surface area contributed by atoms with Crippen molar-refractivity contribution in [3.63, 3.8) is 0 Å². The Labute approximate surface area is 202 Å². The van der Waals surface area contributed by atoms with Crippen molar-refractivity contribution in [2.45, 2.75) is 45.2 Å². The highest BCUT2D eigenvalue weighted by Gasteiger charge is 2.48. The summed E-state index contributed by atoms with van der Waals surface area (Å²) in [7, 11) is 0. The molecule has 0 amide bonds. The van der Waals surface area contributed by atoms with Crippen LogP contribution in [0, 0.1) is 12.3 Å². The first-order valence-corrected chi connectivity index (χ1v) is 12.6. The van der Waals surface area contributed by atoms with Crippen LogP contribution in [0.5, 0.6) is 0 Å². The summed E-state index contributed by atoms with van der Waals surface area (Å²) in [5, 5.41) is 5.31. The Morgan fingerprint density at radius 2 is 2.00 bits per heavy atom. The highest BCUT2D eigenvalue weighted by Crippen LogP contribution is 2.51. The predicted octanol–water partition coefficient (Wildman–Crippen LogP) is 4.07. The van der Waals surface area contributed by atoms with Gasteiger partial charge in [-0.3, -0.25) is 9.98 Å². The van der Waals surface area contributed by atoms with Crippen LogP contribution in [0.15, 0.2) is 41.1 Å². The predicted molar refractivity (Wildman–Crippen MR) is 132 cm³/mol. The molecule has 0 saturated carbocycles. The van der Waals surface area contributed by atoms with E-state index >= 15 is 0 Å². The van der Waals surface area contributed by atoms with E-state index in [2.05, 4.69) is 33.0 Å². The molecule has 1 aliphatic carbocycles. The van der Waals surface area contributed by atoms with Gasteiger partial charge in [0.25, 0.3) is 0 Å². The van der Waals surface area contributed by atoms with E-state index in [1.165, 1.54) is 10.6 Å². The summed E-state index contributed by atoms with van der Waals surface area (Å²) in [6.45, 7) is 5.87. The lowest BCUT2D eigenvalue weighted by Crippen LogP contribution is -2.47. The Morgan fingerprint density at radius 1 is 1.18 bits per heavy atom. The molecule has 2 atom stereocenters. The minimum atomic E-state index is -0.0120. The summed E-state index contributed by atoms with van der Waals surface area (Å²) < 4.78 is 1.97. The van der Waals surface area contributed by atoms with Crippen LogP contribution in [0.25, 0.3) is 5.70 Å². The number of rotatable bonds is 1. The van der Waals surface area contributed by atoms with Gasteiger partial charge < -0.3 is 10.6 Å². The van der Waals surface area contributed by atoms with E-state index in [4.69, 9.17) is 22.3 Å². The first-order valence-electron chi connectivity index (χ1n) is 11.4. The van der Waals surface area contributed by atoms with E-state index in [0.717, 1.165) is 60.8 Å². The van der Waals surface area contributed by atoms with Crippen molar-refractivity contribution in [3.05, 3.63) is 68.7 Å². The fraction of sp³-hybridized carbons (Fsp3) is 0.417. The van der Waals surface area contributed by atoms with Crippen LogP contribution in [-0.2, 0) is 6.42 Å². The summed E-state index contributed by atoms with van der Waals surface area (Å²) in [4.78, 5) is 17.7. The van der Waals surface area contributed by atoms with Crippen molar-refractivity contribution in [1.82, 2.24) is 24.6 Å². The third-order valence-electron chi connectivity index (χ3n) is 7.36. The standard InChI is InChI=1S/C24H26ClN7S/c1-14-11-19(16-3-7-27-15(2)20(16)25)32-18(4-8-29-32)23(30-14)31-9-5-24(6-10-31)12-17-21(22(24)26)33-13-28-17/h3-4,7-8,11,13-14,22H,5-6,9-10,12,26H2,1-2H3/t14?,22-/m1/s1. The Bertz CT molecular complexity index is 1280. The van der Waals surface area contributed by atoms with E-state index in [9.17, 15) is 0 Å². The normalized spacial score (nSPS) is 23.7. The number of nitrogens with two attached hydrogens (primary N) is 1. The topological polar surface area (TPSA) is 85.2 Å². The zero-order valence-corrected chi connectivity index (χ0v) is 20.3. The van der Waals surface area contributed by atoms with E-state index in [0.29, 0.717) is 5.02 Å². The molecule has 2 aliphatic heterocycles. The van der Waals surface area contributed by atoms with E-state index in [-0.39, 0.29) is 17.5 Å². The molecule has 3 aromatic heterocycles. The van der Waals surface area contributed by atoms with Crippen molar-refractivity contribution >= 4 is 34.5 Å². The fourth-order valence-corrected chi connectivity index (χ4v) is 6.65. The lowest BCUT2D eigenvalue weighted by molar-refractivity contribution is 0.127. The number of halogens is 1. The molecule has 1 fully saturated rings. The maximum atomic E-state index is 6.72. The van der Waals surface area contributed by atoms with Gasteiger partial charge in [-0.2, -0.15) is 5.10 Å². The first-order chi connectivity index (χ1) is 16.0. The molecule has 6 rings (SSSR count). The smallest absolute Gasteiger partial charge is 0.150 e. The summed E-state index contributed by atoms with van der Waals surface area (Å²) in [6.07, 6.45) is 8.82. The SMILES string of the molecule is Cc1nccc(C2=CC(C)N=C(N3CCC4(CC3)Cc3ncsc3[C@H]4N)c3ccnn32)c1Cl. The fourth-order valence-electron chi connectivity index (χ4n) is 5.49. The van der Waals surface area contributed by atoms with Gasteiger partial charge >= 0.3 is 0 Å². The number of nitrogens with zero attached hydrogens (tertiary/aromatic N) is 6. The molecule has 1 spiro atoms. The minimum absolute atomic E-state index is 0.0120. The number of likely N-dealkylation sites (tertiary alicyclic amines) is 1. The highest BCUT2D eigenvalue weighted by molar-refractivity contribution is 7.09. The third kappa shape index (κ3) is 3.26. The molecular formula is C24H26ClN7S. The molecule has 9 heteroatoms. The molecule has 0 radical (unpaired) electrons. The number of amidine groups is 1. The molecular weight excluding hydrogens is 454 g/mol. The number of aliphatic imine (C=N–C) groups is 1. The second-order valence-electron chi connectivity index (χ2n) is 9.30. The van der Waals surface area contributed by atoms with Gasteiger partial charge in [0.1, 0.15) is 5.69 Å². The van der Waals surface area contributed by atoms with E-state index < -0.39 is 0 Å². The van der Waals surface area contributed by atoms with Gasteiger partial charge in [-0.15, -0.1) is 11.3 Å². The van der Waals surface area contributed by atoms with Crippen LogP contribution >= 0.6 is 22.9 Å². The number of thiazole rings is 1. The van der Waals surface area contributed by atoms with Crippen LogP contribution in [0.3, 0.4) is 0 Å². The summed E-state index contributed by atoms with van der Waals surface area (Å²) in [6, 6.07) is 4.07. The van der Waals surface area contributed by atoms with Gasteiger partial charge in [-0.1, -0.05) is 11.6 Å². The number of aromatic nitrogens is 4. The Balaban J connectivity index is 1.30. The number of aryl methyl sites for hydroxylation is 1. The van der Waals surface area contributed by atoms with Crippen LogP contribution in [0.4, 0.5) is 0 Å². The van der Waals surface area contributed by atoms with Crippen LogP contribution in [0.1, 0.15) is 53.3 Å². The molecule has 33 heavy (non-hydrogen) atoms. The number of hydrogen-bond donors (Lipinski definition) is 1. The molecule has 170 valence electrons. The van der Waals surface area contributed by atoms with Crippen molar-refractivity contribution in [3.8, 4) is 0 Å². The zero-order valence-electron chi connectivity index (χ0n) is 18.7. The molecule has 3 aromatic rings. The number of pyridine rings is 1. The average Bonchev–Trinajstić information content (AvgIpc) is 3.50. The lowest BCUT2D eigenvalue weighted by atomic mass is 9.74. The summed E-state index contributed by atoms with van der Waals surface area (Å²) >= 11 is 8.35. The van der Waals surface area contributed by atoms with Crippen molar-refractivity contribution in [2.75, 3.05) is 13.1 Å². The molecule has 1 saturated heterocycles. The molecule has 0 aromatic carbocycles. The van der Waals surface area contributed by atoms with Gasteiger partial charge in [-0.05, 0) is 56.7 Å². The van der Waals surface area contributed by atoms with E-state index in [1.54, 1.807) is 17.5 Å². The minimum Gasteiger partial charge on any atom is -0.355 e. The quantitative estimate of drug-likeness (QED) is 0.568. The van der Waals surface area contributed by atoms with Crippen molar-refractivity contribution in [2.24, 2.45) is 16.1 Å². The van der Waals surface area contributed by atoms with Crippen LogP contribution < -0.4 is 5.73 Å².